The number of benzene rings is 2. The van der Waals surface area contributed by atoms with Gasteiger partial charge in [-0.1, -0.05) is 49.0 Å². The maximum Gasteiger partial charge on any atom is 0.338 e. The number of aliphatic hydroxyl groups excluding tert-OH is 1. The standard InChI is InChI=1S/C21H20O5/c1-2-18(22)19(23)9-6-14-26-21(25)17-12-10-16(11-13-17)20(24)15-7-4-3-5-8-15/h2-5,7-8,10-13,19,23H,1,6,9,14H2. The highest BCUT2D eigenvalue weighted by molar-refractivity contribution is 6.09. The van der Waals surface area contributed by atoms with Crippen LogP contribution in [0.3, 0.4) is 0 Å². The van der Waals surface area contributed by atoms with Crippen molar-refractivity contribution in [2.75, 3.05) is 6.61 Å². The summed E-state index contributed by atoms with van der Waals surface area (Å²) >= 11 is 0. The van der Waals surface area contributed by atoms with E-state index in [-0.39, 0.29) is 18.8 Å². The largest absolute Gasteiger partial charge is 0.462 e. The van der Waals surface area contributed by atoms with Crippen molar-refractivity contribution in [3.05, 3.63) is 83.9 Å². The molecule has 0 aliphatic heterocycles. The second-order valence-corrected chi connectivity index (χ2v) is 5.67. The van der Waals surface area contributed by atoms with Gasteiger partial charge in [-0.05, 0) is 31.1 Å². The van der Waals surface area contributed by atoms with E-state index in [0.29, 0.717) is 23.1 Å². The summed E-state index contributed by atoms with van der Waals surface area (Å²) in [6, 6.07) is 15.1. The van der Waals surface area contributed by atoms with Gasteiger partial charge in [0, 0.05) is 11.1 Å². The first-order valence-electron chi connectivity index (χ1n) is 8.24. The van der Waals surface area contributed by atoms with E-state index in [1.807, 2.05) is 6.07 Å². The summed E-state index contributed by atoms with van der Waals surface area (Å²) < 4.78 is 5.10. The molecule has 5 heteroatoms. The fraction of sp³-hybridized carbons (Fsp3) is 0.190. The Labute approximate surface area is 151 Å². The van der Waals surface area contributed by atoms with Crippen LogP contribution in [0, 0.1) is 0 Å². The maximum atomic E-state index is 12.3. The Hall–Kier alpha value is -3.05. The average Bonchev–Trinajstić information content (AvgIpc) is 2.70. The molecule has 26 heavy (non-hydrogen) atoms. The van der Waals surface area contributed by atoms with Crippen molar-refractivity contribution >= 4 is 17.5 Å². The van der Waals surface area contributed by atoms with Crippen LogP contribution in [0.1, 0.15) is 39.1 Å². The van der Waals surface area contributed by atoms with Gasteiger partial charge in [-0.25, -0.2) is 4.79 Å². The van der Waals surface area contributed by atoms with E-state index in [0.717, 1.165) is 6.08 Å². The van der Waals surface area contributed by atoms with Gasteiger partial charge in [0.15, 0.2) is 11.6 Å². The van der Waals surface area contributed by atoms with Crippen LogP contribution in [0.15, 0.2) is 67.3 Å². The molecule has 0 heterocycles. The smallest absolute Gasteiger partial charge is 0.338 e. The predicted molar refractivity (Wildman–Crippen MR) is 97.0 cm³/mol. The fourth-order valence-corrected chi connectivity index (χ4v) is 2.32. The molecule has 1 unspecified atom stereocenters. The number of carbonyl (C=O) groups excluding carboxylic acids is 3. The van der Waals surface area contributed by atoms with Crippen LogP contribution in [-0.2, 0) is 9.53 Å². The highest BCUT2D eigenvalue weighted by atomic mass is 16.5. The second-order valence-electron chi connectivity index (χ2n) is 5.67. The Balaban J connectivity index is 1.86. The summed E-state index contributed by atoms with van der Waals surface area (Å²) in [6.07, 6.45) is 0.504. The zero-order valence-electron chi connectivity index (χ0n) is 14.3. The van der Waals surface area contributed by atoms with Crippen molar-refractivity contribution in [1.29, 1.82) is 0 Å². The highest BCUT2D eigenvalue weighted by Crippen LogP contribution is 2.12. The van der Waals surface area contributed by atoms with E-state index in [9.17, 15) is 19.5 Å². The van der Waals surface area contributed by atoms with Gasteiger partial charge in [-0.2, -0.15) is 0 Å². The fourth-order valence-electron chi connectivity index (χ4n) is 2.32. The lowest BCUT2D eigenvalue weighted by atomic mass is 10.0. The molecule has 2 aromatic carbocycles. The lowest BCUT2D eigenvalue weighted by Gasteiger charge is -2.08. The normalized spacial score (nSPS) is 11.4. The molecule has 0 fully saturated rings. The summed E-state index contributed by atoms with van der Waals surface area (Å²) in [5.41, 5.74) is 1.39. The van der Waals surface area contributed by atoms with Crippen LogP contribution in [0.2, 0.25) is 0 Å². The summed E-state index contributed by atoms with van der Waals surface area (Å²) in [6.45, 7) is 3.39. The molecule has 0 bridgehead atoms. The van der Waals surface area contributed by atoms with Crippen LogP contribution >= 0.6 is 0 Å². The summed E-state index contributed by atoms with van der Waals surface area (Å²) in [4.78, 5) is 35.4. The Morgan fingerprint density at radius 1 is 0.962 bits per heavy atom. The van der Waals surface area contributed by atoms with E-state index in [4.69, 9.17) is 4.74 Å². The SMILES string of the molecule is C=CC(=O)C(O)CCCOC(=O)c1ccc(C(=O)c2ccccc2)cc1. The van der Waals surface area contributed by atoms with Crippen molar-refractivity contribution < 1.29 is 24.2 Å². The third kappa shape index (κ3) is 5.22. The summed E-state index contributed by atoms with van der Waals surface area (Å²) in [7, 11) is 0. The number of ketones is 2. The van der Waals surface area contributed by atoms with E-state index in [2.05, 4.69) is 6.58 Å². The molecule has 1 atom stereocenters. The van der Waals surface area contributed by atoms with Gasteiger partial charge in [-0.15, -0.1) is 0 Å². The minimum Gasteiger partial charge on any atom is -0.462 e. The third-order valence-electron chi connectivity index (χ3n) is 3.80. The van der Waals surface area contributed by atoms with Gasteiger partial charge in [0.05, 0.1) is 12.2 Å². The van der Waals surface area contributed by atoms with Gasteiger partial charge in [0.25, 0.3) is 0 Å². The first-order valence-corrected chi connectivity index (χ1v) is 8.24. The first kappa shape index (κ1) is 19.3. The Bertz CT molecular complexity index is 778. The molecule has 0 radical (unpaired) electrons. The summed E-state index contributed by atoms with van der Waals surface area (Å²) in [5.74, 6) is -1.09. The lowest BCUT2D eigenvalue weighted by Crippen LogP contribution is -2.18. The van der Waals surface area contributed by atoms with Gasteiger partial charge >= 0.3 is 5.97 Å². The number of hydrogen-bond donors (Lipinski definition) is 1. The van der Waals surface area contributed by atoms with Gasteiger partial charge < -0.3 is 9.84 Å². The van der Waals surface area contributed by atoms with Crippen molar-refractivity contribution in [1.82, 2.24) is 0 Å². The van der Waals surface area contributed by atoms with Gasteiger partial charge in [0.1, 0.15) is 6.10 Å². The summed E-state index contributed by atoms with van der Waals surface area (Å²) in [5, 5.41) is 9.48. The topological polar surface area (TPSA) is 80.7 Å². The average molecular weight is 352 g/mol. The molecule has 5 nitrogen and oxygen atoms in total. The molecule has 0 aliphatic carbocycles. The van der Waals surface area contributed by atoms with E-state index >= 15 is 0 Å². The Morgan fingerprint density at radius 3 is 2.15 bits per heavy atom. The molecule has 0 amide bonds. The maximum absolute atomic E-state index is 12.3. The molecule has 0 saturated carbocycles. The Kier molecular flexibility index (Phi) is 7.00. The monoisotopic (exact) mass is 352 g/mol. The molecular weight excluding hydrogens is 332 g/mol. The van der Waals surface area contributed by atoms with Crippen LogP contribution in [0.4, 0.5) is 0 Å². The van der Waals surface area contributed by atoms with Crippen LogP contribution in [0.5, 0.6) is 0 Å². The molecule has 1 N–H and O–H groups in total. The first-order chi connectivity index (χ1) is 12.5. The molecule has 2 rings (SSSR count). The lowest BCUT2D eigenvalue weighted by molar-refractivity contribution is -0.122. The van der Waals surface area contributed by atoms with Crippen LogP contribution < -0.4 is 0 Å². The number of esters is 1. The minimum atomic E-state index is -1.12. The highest BCUT2D eigenvalue weighted by Gasteiger charge is 2.13. The number of carbonyl (C=O) groups is 3. The molecule has 0 aromatic heterocycles. The van der Waals surface area contributed by atoms with Crippen molar-refractivity contribution in [2.24, 2.45) is 0 Å². The van der Waals surface area contributed by atoms with Crippen molar-refractivity contribution in [2.45, 2.75) is 18.9 Å². The van der Waals surface area contributed by atoms with E-state index in [1.165, 1.54) is 12.1 Å². The zero-order valence-corrected chi connectivity index (χ0v) is 14.3. The number of ether oxygens (including phenoxy) is 1. The third-order valence-corrected chi connectivity index (χ3v) is 3.80. The molecule has 2 aromatic rings. The van der Waals surface area contributed by atoms with Crippen LogP contribution in [0.25, 0.3) is 0 Å². The predicted octanol–water partition coefficient (Wildman–Crippen LogP) is 2.97. The molecule has 0 saturated heterocycles. The quantitative estimate of drug-likeness (QED) is 0.325. The van der Waals surface area contributed by atoms with E-state index < -0.39 is 17.9 Å². The number of rotatable bonds is 9. The van der Waals surface area contributed by atoms with Crippen molar-refractivity contribution in [3.63, 3.8) is 0 Å². The number of hydrogen-bond acceptors (Lipinski definition) is 5. The van der Waals surface area contributed by atoms with Gasteiger partial charge in [0.2, 0.25) is 0 Å². The minimum absolute atomic E-state index is 0.0883. The van der Waals surface area contributed by atoms with E-state index in [1.54, 1.807) is 36.4 Å². The van der Waals surface area contributed by atoms with Crippen molar-refractivity contribution in [3.8, 4) is 0 Å². The Morgan fingerprint density at radius 2 is 1.54 bits per heavy atom. The number of aliphatic hydroxyl groups is 1. The zero-order chi connectivity index (χ0) is 18.9. The molecular formula is C21H20O5. The molecule has 0 aliphatic rings. The molecule has 0 spiro atoms. The second kappa shape index (κ2) is 9.44. The van der Waals surface area contributed by atoms with Crippen LogP contribution in [-0.4, -0.2) is 35.4 Å². The van der Waals surface area contributed by atoms with Gasteiger partial charge in [-0.3, -0.25) is 9.59 Å². The molecule has 134 valence electrons.